The van der Waals surface area contributed by atoms with E-state index < -0.39 is 0 Å². The second kappa shape index (κ2) is 3.06. The largest absolute Gasteiger partial charge is 0.506 e. The average molecular weight is 283 g/mol. The van der Waals surface area contributed by atoms with Crippen molar-refractivity contribution in [2.24, 2.45) is 0 Å². The van der Waals surface area contributed by atoms with E-state index in [1.165, 1.54) is 0 Å². The number of rotatable bonds is 0. The Balaban J connectivity index is 3.46. The Morgan fingerprint density at radius 2 is 2.18 bits per heavy atom. The lowest BCUT2D eigenvalue weighted by Gasteiger charge is -2.05. The number of hydrogen-bond donors (Lipinski definition) is 2. The maximum atomic E-state index is 9.35. The Kier molecular flexibility index (Phi) is 2.49. The predicted octanol–water partition coefficient (Wildman–Crippen LogP) is 2.54. The molecule has 0 saturated heterocycles. The van der Waals surface area contributed by atoms with Crippen LogP contribution in [0, 0.1) is 10.5 Å². The zero-order chi connectivity index (χ0) is 8.59. The third kappa shape index (κ3) is 1.54. The van der Waals surface area contributed by atoms with Crippen LogP contribution in [0.2, 0.25) is 5.02 Å². The summed E-state index contributed by atoms with van der Waals surface area (Å²) in [4.78, 5) is 0. The van der Waals surface area contributed by atoms with Gasteiger partial charge in [0, 0.05) is 9.13 Å². The monoisotopic (exact) mass is 283 g/mol. The molecule has 0 heterocycles. The molecule has 0 aliphatic rings. The minimum atomic E-state index is 0.0797. The maximum Gasteiger partial charge on any atom is 0.140 e. The van der Waals surface area contributed by atoms with Crippen LogP contribution in [0.25, 0.3) is 0 Å². The van der Waals surface area contributed by atoms with Crippen LogP contribution in [0.4, 0.5) is 5.69 Å². The first-order valence-corrected chi connectivity index (χ1v) is 4.42. The van der Waals surface area contributed by atoms with E-state index in [2.05, 4.69) is 22.6 Å². The van der Waals surface area contributed by atoms with Gasteiger partial charge in [-0.1, -0.05) is 11.6 Å². The van der Waals surface area contributed by atoms with Gasteiger partial charge in [0.05, 0.1) is 5.69 Å². The Morgan fingerprint density at radius 1 is 1.64 bits per heavy atom. The van der Waals surface area contributed by atoms with E-state index >= 15 is 0 Å². The second-order valence-electron chi connectivity index (χ2n) is 2.24. The highest BCUT2D eigenvalue weighted by atomic mass is 127. The number of phenols is 1. The van der Waals surface area contributed by atoms with Gasteiger partial charge in [-0.15, -0.1) is 0 Å². The molecule has 2 nitrogen and oxygen atoms in total. The Bertz CT molecular complexity index is 275. The zero-order valence-electron chi connectivity index (χ0n) is 5.86. The molecule has 0 bridgehead atoms. The molecule has 0 atom stereocenters. The summed E-state index contributed by atoms with van der Waals surface area (Å²) in [5.74, 6) is 0.0797. The van der Waals surface area contributed by atoms with Crippen LogP contribution in [0.15, 0.2) is 6.07 Å². The number of hydrogen-bond acceptors (Lipinski definition) is 2. The number of halogens is 2. The third-order valence-corrected chi connectivity index (χ3v) is 2.97. The van der Waals surface area contributed by atoms with E-state index in [0.29, 0.717) is 5.69 Å². The lowest BCUT2D eigenvalue weighted by Crippen LogP contribution is -1.90. The highest BCUT2D eigenvalue weighted by Gasteiger charge is 2.08. The first-order chi connectivity index (χ1) is 5.04. The molecule has 0 aliphatic heterocycles. The molecule has 60 valence electrons. The summed E-state index contributed by atoms with van der Waals surface area (Å²) in [5.41, 5.74) is 6.68. The summed E-state index contributed by atoms with van der Waals surface area (Å²) in [6.45, 7) is 1.79. The first-order valence-electron chi connectivity index (χ1n) is 2.97. The maximum absolute atomic E-state index is 9.35. The van der Waals surface area contributed by atoms with Crippen molar-refractivity contribution in [1.82, 2.24) is 0 Å². The van der Waals surface area contributed by atoms with Crippen molar-refractivity contribution in [2.75, 3.05) is 5.73 Å². The number of nitrogen functional groups attached to an aromatic ring is 1. The number of benzene rings is 1. The number of aromatic hydroxyl groups is 1. The summed E-state index contributed by atoms with van der Waals surface area (Å²) in [6, 6.07) is 1.73. The van der Waals surface area contributed by atoms with Crippen molar-refractivity contribution in [3.63, 3.8) is 0 Å². The second-order valence-corrected chi connectivity index (χ2v) is 3.78. The van der Waals surface area contributed by atoms with Crippen LogP contribution in [-0.2, 0) is 0 Å². The summed E-state index contributed by atoms with van der Waals surface area (Å²) in [5, 5.41) is 9.59. The van der Waals surface area contributed by atoms with Gasteiger partial charge in [-0.05, 0) is 35.6 Å². The quantitative estimate of drug-likeness (QED) is 0.568. The van der Waals surface area contributed by atoms with Gasteiger partial charge in [0.15, 0.2) is 0 Å². The van der Waals surface area contributed by atoms with Crippen LogP contribution < -0.4 is 5.73 Å². The summed E-state index contributed by atoms with van der Waals surface area (Å²) in [7, 11) is 0. The van der Waals surface area contributed by atoms with Gasteiger partial charge in [0.1, 0.15) is 10.8 Å². The predicted molar refractivity (Wildman–Crippen MR) is 55.0 cm³/mol. The fourth-order valence-corrected chi connectivity index (χ4v) is 1.51. The molecule has 0 unspecified atom stereocenters. The van der Waals surface area contributed by atoms with Crippen LogP contribution >= 0.6 is 34.2 Å². The molecule has 0 aromatic heterocycles. The zero-order valence-corrected chi connectivity index (χ0v) is 8.77. The molecule has 0 amide bonds. The SMILES string of the molecule is Cc1c(I)cc(N)c(Cl)c1O. The molecular weight excluding hydrogens is 276 g/mol. The fourth-order valence-electron chi connectivity index (χ4n) is 0.723. The normalized spacial score (nSPS) is 10.1. The summed E-state index contributed by atoms with van der Waals surface area (Å²) >= 11 is 7.77. The van der Waals surface area contributed by atoms with Gasteiger partial charge >= 0.3 is 0 Å². The van der Waals surface area contributed by atoms with Crippen molar-refractivity contribution in [1.29, 1.82) is 0 Å². The lowest BCUT2D eigenvalue weighted by atomic mass is 10.2. The summed E-state index contributed by atoms with van der Waals surface area (Å²) in [6.07, 6.45) is 0. The van der Waals surface area contributed by atoms with Gasteiger partial charge in [-0.25, -0.2) is 0 Å². The van der Waals surface area contributed by atoms with Crippen molar-refractivity contribution in [3.05, 3.63) is 20.2 Å². The van der Waals surface area contributed by atoms with Crippen molar-refractivity contribution < 1.29 is 5.11 Å². The summed E-state index contributed by atoms with van der Waals surface area (Å²) < 4.78 is 0.919. The van der Waals surface area contributed by atoms with Crippen molar-refractivity contribution in [2.45, 2.75) is 6.92 Å². The molecule has 1 aromatic carbocycles. The Hall–Kier alpha value is -0.160. The van der Waals surface area contributed by atoms with E-state index in [4.69, 9.17) is 17.3 Å². The van der Waals surface area contributed by atoms with Crippen LogP contribution in [0.3, 0.4) is 0 Å². The van der Waals surface area contributed by atoms with Crippen LogP contribution in [0.1, 0.15) is 5.56 Å². The molecule has 4 heteroatoms. The highest BCUT2D eigenvalue weighted by Crippen LogP contribution is 2.35. The van der Waals surface area contributed by atoms with Crippen molar-refractivity contribution in [3.8, 4) is 5.75 Å². The van der Waals surface area contributed by atoms with Crippen LogP contribution in [-0.4, -0.2) is 5.11 Å². The van der Waals surface area contributed by atoms with E-state index in [1.807, 2.05) is 0 Å². The minimum Gasteiger partial charge on any atom is -0.506 e. The third-order valence-electron chi connectivity index (χ3n) is 1.46. The molecule has 0 spiro atoms. The molecule has 0 aliphatic carbocycles. The smallest absolute Gasteiger partial charge is 0.140 e. The van der Waals surface area contributed by atoms with Gasteiger partial charge in [0.25, 0.3) is 0 Å². The number of phenolic OH excluding ortho intramolecular Hbond substituents is 1. The average Bonchev–Trinajstić information content (AvgIpc) is 1.97. The highest BCUT2D eigenvalue weighted by molar-refractivity contribution is 14.1. The molecule has 1 rings (SSSR count). The molecule has 11 heavy (non-hydrogen) atoms. The number of nitrogens with two attached hydrogens (primary N) is 1. The molecule has 1 aromatic rings. The van der Waals surface area contributed by atoms with Gasteiger partial charge in [0.2, 0.25) is 0 Å². The van der Waals surface area contributed by atoms with Gasteiger partial charge < -0.3 is 10.8 Å². The lowest BCUT2D eigenvalue weighted by molar-refractivity contribution is 0.471. The molecule has 3 N–H and O–H groups in total. The number of anilines is 1. The minimum absolute atomic E-state index is 0.0797. The topological polar surface area (TPSA) is 46.2 Å². The van der Waals surface area contributed by atoms with E-state index in [1.54, 1.807) is 13.0 Å². The van der Waals surface area contributed by atoms with Crippen molar-refractivity contribution >= 4 is 39.9 Å². The first kappa shape index (κ1) is 8.93. The van der Waals surface area contributed by atoms with Crippen LogP contribution in [0.5, 0.6) is 5.75 Å². The van der Waals surface area contributed by atoms with E-state index in [-0.39, 0.29) is 10.8 Å². The Morgan fingerprint density at radius 3 is 2.73 bits per heavy atom. The van der Waals surface area contributed by atoms with E-state index in [0.717, 1.165) is 9.13 Å². The Labute approximate surface area is 83.5 Å². The molecule has 0 fully saturated rings. The van der Waals surface area contributed by atoms with Gasteiger partial charge in [-0.2, -0.15) is 0 Å². The van der Waals surface area contributed by atoms with E-state index in [9.17, 15) is 5.11 Å². The molecular formula is C7H7ClINO. The molecule has 0 radical (unpaired) electrons. The molecule has 0 saturated carbocycles. The standard InChI is InChI=1S/C7H7ClINO/c1-3-4(9)2-5(10)6(8)7(3)11/h2,11H,10H2,1H3. The fraction of sp³-hybridized carbons (Fsp3) is 0.143. The van der Waals surface area contributed by atoms with Gasteiger partial charge in [-0.3, -0.25) is 0 Å².